The maximum atomic E-state index is 11.9. The quantitative estimate of drug-likeness (QED) is 0.621. The lowest BCUT2D eigenvalue weighted by molar-refractivity contribution is -0.124. The van der Waals surface area contributed by atoms with Crippen LogP contribution in [0.3, 0.4) is 0 Å². The van der Waals surface area contributed by atoms with E-state index in [1.165, 1.54) is 19.3 Å². The maximum Gasteiger partial charge on any atom is 0.136 e. The van der Waals surface area contributed by atoms with Gasteiger partial charge >= 0.3 is 0 Å². The van der Waals surface area contributed by atoms with Crippen LogP contribution in [-0.4, -0.2) is 5.78 Å². The van der Waals surface area contributed by atoms with Gasteiger partial charge in [-0.15, -0.1) is 6.58 Å². The molecule has 0 radical (unpaired) electrons. The fourth-order valence-electron chi connectivity index (χ4n) is 2.49. The Bertz CT molecular complexity index is 229. The Labute approximate surface area is 93.9 Å². The molecule has 1 saturated carbocycles. The minimum absolute atomic E-state index is 0.364. The molecule has 0 bridgehead atoms. The summed E-state index contributed by atoms with van der Waals surface area (Å²) in [5.41, 5.74) is 1.13. The van der Waals surface area contributed by atoms with Crippen LogP contribution in [0.1, 0.15) is 58.8 Å². The Morgan fingerprint density at radius 2 is 2.07 bits per heavy atom. The van der Waals surface area contributed by atoms with E-state index in [4.69, 9.17) is 0 Å². The molecule has 0 N–H and O–H groups in total. The third-order valence-electron chi connectivity index (χ3n) is 3.61. The summed E-state index contributed by atoms with van der Waals surface area (Å²) in [7, 11) is 0. The van der Waals surface area contributed by atoms with Crippen molar-refractivity contribution in [2.45, 2.75) is 58.8 Å². The summed E-state index contributed by atoms with van der Waals surface area (Å²) in [6, 6.07) is 0. The van der Waals surface area contributed by atoms with E-state index in [2.05, 4.69) is 13.5 Å². The normalized spacial score (nSPS) is 26.3. The summed E-state index contributed by atoms with van der Waals surface area (Å²) in [4.78, 5) is 11.9. The molecule has 2 unspecified atom stereocenters. The van der Waals surface area contributed by atoms with Crippen molar-refractivity contribution in [2.24, 2.45) is 11.8 Å². The van der Waals surface area contributed by atoms with E-state index >= 15 is 0 Å². The minimum Gasteiger partial charge on any atom is -0.299 e. The molecule has 0 aliphatic heterocycles. The molecule has 1 heteroatoms. The van der Waals surface area contributed by atoms with Crippen LogP contribution >= 0.6 is 0 Å². The number of carbonyl (C=O) groups excluding carboxylic acids is 1. The van der Waals surface area contributed by atoms with Crippen LogP contribution in [0, 0.1) is 11.8 Å². The summed E-state index contributed by atoms with van der Waals surface area (Å²) in [5.74, 6) is 1.65. The summed E-state index contributed by atoms with van der Waals surface area (Å²) >= 11 is 0. The van der Waals surface area contributed by atoms with Crippen molar-refractivity contribution in [2.75, 3.05) is 0 Å². The lowest BCUT2D eigenvalue weighted by Crippen LogP contribution is -2.22. The molecular formula is C14H24O. The number of hydrogen-bond donors (Lipinski definition) is 0. The smallest absolute Gasteiger partial charge is 0.136 e. The van der Waals surface area contributed by atoms with Crippen LogP contribution < -0.4 is 0 Å². The minimum atomic E-state index is 0.364. The van der Waals surface area contributed by atoms with Crippen LogP contribution in [0.5, 0.6) is 0 Å². The van der Waals surface area contributed by atoms with Crippen LogP contribution in [0.15, 0.2) is 12.2 Å². The molecule has 0 aromatic carbocycles. The van der Waals surface area contributed by atoms with E-state index in [0.717, 1.165) is 37.2 Å². The summed E-state index contributed by atoms with van der Waals surface area (Å²) in [6.45, 7) is 8.10. The molecule has 0 spiro atoms. The van der Waals surface area contributed by atoms with Gasteiger partial charge in [0.15, 0.2) is 0 Å². The van der Waals surface area contributed by atoms with E-state index in [0.29, 0.717) is 11.7 Å². The van der Waals surface area contributed by atoms with Crippen molar-refractivity contribution in [3.8, 4) is 0 Å². The summed E-state index contributed by atoms with van der Waals surface area (Å²) in [6.07, 6.45) is 7.70. The predicted molar refractivity (Wildman–Crippen MR) is 64.8 cm³/mol. The number of carbonyl (C=O) groups is 1. The molecule has 1 nitrogen and oxygen atoms in total. The largest absolute Gasteiger partial charge is 0.299 e. The Morgan fingerprint density at radius 3 is 2.67 bits per heavy atom. The number of hydrogen-bond acceptors (Lipinski definition) is 1. The van der Waals surface area contributed by atoms with Gasteiger partial charge in [-0.05, 0) is 32.1 Å². The monoisotopic (exact) mass is 208 g/mol. The molecule has 1 aliphatic rings. The van der Waals surface area contributed by atoms with Gasteiger partial charge in [0.1, 0.15) is 5.78 Å². The van der Waals surface area contributed by atoms with Gasteiger partial charge in [-0.25, -0.2) is 0 Å². The van der Waals surface area contributed by atoms with Crippen molar-refractivity contribution >= 4 is 5.78 Å². The molecule has 1 aliphatic carbocycles. The van der Waals surface area contributed by atoms with E-state index < -0.39 is 0 Å². The highest BCUT2D eigenvalue weighted by atomic mass is 16.1. The molecule has 0 aromatic rings. The molecule has 86 valence electrons. The molecule has 0 saturated heterocycles. The van der Waals surface area contributed by atoms with Crippen LogP contribution in [0.2, 0.25) is 0 Å². The van der Waals surface area contributed by atoms with Gasteiger partial charge in [-0.3, -0.25) is 4.79 Å². The van der Waals surface area contributed by atoms with Crippen molar-refractivity contribution in [1.82, 2.24) is 0 Å². The molecule has 0 amide bonds. The second-order valence-electron chi connectivity index (χ2n) is 5.06. The second kappa shape index (κ2) is 6.09. The van der Waals surface area contributed by atoms with Gasteiger partial charge < -0.3 is 0 Å². The second-order valence-corrected chi connectivity index (χ2v) is 5.06. The first-order valence-electron chi connectivity index (χ1n) is 6.30. The first-order valence-corrected chi connectivity index (χ1v) is 6.30. The highest BCUT2D eigenvalue weighted by Crippen LogP contribution is 2.32. The predicted octanol–water partition coefficient (Wildman–Crippen LogP) is 4.13. The standard InChI is InChI=1S/C14H24O/c1-4-12-6-5-7-13(10-12)14(15)9-8-11(2)3/h12-13H,2,4-10H2,1,3H3. The van der Waals surface area contributed by atoms with Crippen molar-refractivity contribution in [1.29, 1.82) is 0 Å². The van der Waals surface area contributed by atoms with E-state index in [1.807, 2.05) is 6.92 Å². The van der Waals surface area contributed by atoms with Crippen molar-refractivity contribution in [3.63, 3.8) is 0 Å². The van der Waals surface area contributed by atoms with Crippen LogP contribution in [0.4, 0.5) is 0 Å². The average Bonchev–Trinajstić information content (AvgIpc) is 2.26. The van der Waals surface area contributed by atoms with Gasteiger partial charge in [0.25, 0.3) is 0 Å². The third kappa shape index (κ3) is 4.19. The van der Waals surface area contributed by atoms with Crippen molar-refractivity contribution < 1.29 is 4.79 Å². The number of ketones is 1. The molecule has 15 heavy (non-hydrogen) atoms. The average molecular weight is 208 g/mol. The highest BCUT2D eigenvalue weighted by Gasteiger charge is 2.25. The number of allylic oxidation sites excluding steroid dienone is 1. The molecule has 1 rings (SSSR count). The zero-order valence-electron chi connectivity index (χ0n) is 10.2. The van der Waals surface area contributed by atoms with Gasteiger partial charge in [0, 0.05) is 12.3 Å². The topological polar surface area (TPSA) is 17.1 Å². The van der Waals surface area contributed by atoms with Crippen molar-refractivity contribution in [3.05, 3.63) is 12.2 Å². The Balaban J connectivity index is 2.35. The Morgan fingerprint density at radius 1 is 1.33 bits per heavy atom. The van der Waals surface area contributed by atoms with Crippen LogP contribution in [0.25, 0.3) is 0 Å². The number of Topliss-reactive ketones (excluding diaryl/α,β-unsaturated/α-hetero) is 1. The summed E-state index contributed by atoms with van der Waals surface area (Å²) < 4.78 is 0. The zero-order valence-corrected chi connectivity index (χ0v) is 10.2. The van der Waals surface area contributed by atoms with Gasteiger partial charge in [-0.2, -0.15) is 0 Å². The molecular weight excluding hydrogens is 184 g/mol. The van der Waals surface area contributed by atoms with E-state index in [9.17, 15) is 4.79 Å². The highest BCUT2D eigenvalue weighted by molar-refractivity contribution is 5.81. The number of rotatable bonds is 5. The third-order valence-corrected chi connectivity index (χ3v) is 3.61. The van der Waals surface area contributed by atoms with Gasteiger partial charge in [0.2, 0.25) is 0 Å². The SMILES string of the molecule is C=C(C)CCC(=O)C1CCCC(CC)C1. The lowest BCUT2D eigenvalue weighted by Gasteiger charge is -2.27. The maximum absolute atomic E-state index is 11.9. The Hall–Kier alpha value is -0.590. The lowest BCUT2D eigenvalue weighted by atomic mass is 9.77. The fraction of sp³-hybridized carbons (Fsp3) is 0.786. The van der Waals surface area contributed by atoms with Gasteiger partial charge in [0.05, 0.1) is 0 Å². The van der Waals surface area contributed by atoms with E-state index in [1.54, 1.807) is 0 Å². The molecule has 0 aromatic heterocycles. The molecule has 0 heterocycles. The van der Waals surface area contributed by atoms with Crippen LogP contribution in [-0.2, 0) is 4.79 Å². The zero-order chi connectivity index (χ0) is 11.3. The fourth-order valence-corrected chi connectivity index (χ4v) is 2.49. The molecule has 2 atom stereocenters. The first-order chi connectivity index (χ1) is 7.13. The van der Waals surface area contributed by atoms with Gasteiger partial charge in [-0.1, -0.05) is 31.8 Å². The molecule has 1 fully saturated rings. The summed E-state index contributed by atoms with van der Waals surface area (Å²) in [5, 5.41) is 0. The first kappa shape index (κ1) is 12.5. The van der Waals surface area contributed by atoms with E-state index in [-0.39, 0.29) is 0 Å². The Kier molecular flexibility index (Phi) is 5.07.